The van der Waals surface area contributed by atoms with Crippen molar-refractivity contribution in [2.45, 2.75) is 44.6 Å². The third kappa shape index (κ3) is 8.53. The van der Waals surface area contributed by atoms with Crippen molar-refractivity contribution in [2.75, 3.05) is 23.9 Å². The Morgan fingerprint density at radius 2 is 1.49 bits per heavy atom. The molecule has 3 aromatic rings. The number of carbonyl (C=O) groups is 2. The van der Waals surface area contributed by atoms with Crippen LogP contribution in [0.5, 0.6) is 0 Å². The Balaban J connectivity index is 1.97. The Hall–Kier alpha value is -2.92. The smallest absolute Gasteiger partial charge is 0.264 e. The van der Waals surface area contributed by atoms with Crippen LogP contribution in [-0.4, -0.2) is 50.8 Å². The van der Waals surface area contributed by atoms with E-state index in [0.717, 1.165) is 13.4 Å². The van der Waals surface area contributed by atoms with Crippen molar-refractivity contribution in [2.24, 2.45) is 5.92 Å². The minimum absolute atomic E-state index is 0.0916. The maximum atomic E-state index is 14.0. The molecule has 3 aromatic carbocycles. The van der Waals surface area contributed by atoms with Gasteiger partial charge in [-0.15, -0.1) is 0 Å². The summed E-state index contributed by atoms with van der Waals surface area (Å²) in [5.41, 5.74) is 1.41. The van der Waals surface area contributed by atoms with Crippen LogP contribution in [0.4, 0.5) is 5.69 Å². The van der Waals surface area contributed by atoms with Crippen molar-refractivity contribution in [3.05, 3.63) is 94.1 Å². The van der Waals surface area contributed by atoms with Crippen molar-refractivity contribution >= 4 is 50.1 Å². The van der Waals surface area contributed by atoms with Crippen LogP contribution < -0.4 is 9.62 Å². The van der Waals surface area contributed by atoms with Crippen LogP contribution in [-0.2, 0) is 26.0 Å². The molecular formula is C30H36IN3O4S. The van der Waals surface area contributed by atoms with Crippen LogP contribution in [0.3, 0.4) is 0 Å². The summed E-state index contributed by atoms with van der Waals surface area (Å²) in [5.74, 6) is -0.415. The molecule has 39 heavy (non-hydrogen) atoms. The first-order chi connectivity index (χ1) is 18.6. The highest BCUT2D eigenvalue weighted by Gasteiger charge is 2.33. The molecule has 0 spiro atoms. The molecule has 1 atom stereocenters. The maximum Gasteiger partial charge on any atom is 0.264 e. The number of benzene rings is 3. The van der Waals surface area contributed by atoms with Gasteiger partial charge < -0.3 is 10.2 Å². The molecule has 1 N–H and O–H groups in total. The Bertz CT molecular complexity index is 1320. The SMILES string of the molecule is CCC(C(=O)NCC(C)C)N(CCc1ccccc1)C(=O)CN(c1ccc(I)cc1)S(=O)(=O)c1ccccc1. The molecule has 0 bridgehead atoms. The van der Waals surface area contributed by atoms with E-state index in [-0.39, 0.29) is 23.3 Å². The molecule has 0 aliphatic carbocycles. The van der Waals surface area contributed by atoms with E-state index in [1.165, 1.54) is 17.0 Å². The monoisotopic (exact) mass is 661 g/mol. The van der Waals surface area contributed by atoms with Gasteiger partial charge in [0.25, 0.3) is 10.0 Å². The summed E-state index contributed by atoms with van der Waals surface area (Å²) in [6.07, 6.45) is 0.939. The molecule has 0 saturated carbocycles. The summed E-state index contributed by atoms with van der Waals surface area (Å²) in [6.45, 7) is 6.22. The van der Waals surface area contributed by atoms with Gasteiger partial charge in [-0.1, -0.05) is 69.3 Å². The summed E-state index contributed by atoms with van der Waals surface area (Å²) in [4.78, 5) is 28.8. The zero-order valence-electron chi connectivity index (χ0n) is 22.6. The van der Waals surface area contributed by atoms with Gasteiger partial charge in [0, 0.05) is 16.7 Å². The maximum absolute atomic E-state index is 14.0. The Morgan fingerprint density at radius 1 is 0.897 bits per heavy atom. The molecular weight excluding hydrogens is 625 g/mol. The molecule has 3 rings (SSSR count). The molecule has 0 aliphatic heterocycles. The number of halogens is 1. The second-order valence-corrected chi connectivity index (χ2v) is 12.8. The zero-order valence-corrected chi connectivity index (χ0v) is 25.6. The third-order valence-corrected chi connectivity index (χ3v) is 8.79. The van der Waals surface area contributed by atoms with E-state index in [0.29, 0.717) is 25.1 Å². The molecule has 0 radical (unpaired) electrons. The van der Waals surface area contributed by atoms with E-state index in [1.807, 2.05) is 51.1 Å². The highest BCUT2D eigenvalue weighted by atomic mass is 127. The van der Waals surface area contributed by atoms with Crippen LogP contribution >= 0.6 is 22.6 Å². The lowest BCUT2D eigenvalue weighted by molar-refractivity contribution is -0.139. The largest absolute Gasteiger partial charge is 0.354 e. The number of amides is 2. The average molecular weight is 662 g/mol. The van der Waals surface area contributed by atoms with Gasteiger partial charge in [0.05, 0.1) is 10.6 Å². The summed E-state index contributed by atoms with van der Waals surface area (Å²) < 4.78 is 29.6. The Morgan fingerprint density at radius 3 is 2.05 bits per heavy atom. The number of sulfonamides is 1. The number of nitrogens with one attached hydrogen (secondary N) is 1. The van der Waals surface area contributed by atoms with Gasteiger partial charge in [-0.2, -0.15) is 0 Å². The fourth-order valence-electron chi connectivity index (χ4n) is 4.17. The van der Waals surface area contributed by atoms with E-state index in [9.17, 15) is 18.0 Å². The highest BCUT2D eigenvalue weighted by Crippen LogP contribution is 2.25. The lowest BCUT2D eigenvalue weighted by Crippen LogP contribution is -2.53. The molecule has 0 heterocycles. The first-order valence-corrected chi connectivity index (χ1v) is 15.6. The van der Waals surface area contributed by atoms with Gasteiger partial charge in [-0.25, -0.2) is 8.42 Å². The van der Waals surface area contributed by atoms with Gasteiger partial charge in [0.2, 0.25) is 11.8 Å². The standard InChI is InChI=1S/C30H36IN3O4S/c1-4-28(30(36)32-21-23(2)3)33(20-19-24-11-7-5-8-12-24)29(35)22-34(26-17-15-25(31)16-18-26)39(37,38)27-13-9-6-10-14-27/h5-18,23,28H,4,19-22H2,1-3H3,(H,32,36). The highest BCUT2D eigenvalue weighted by molar-refractivity contribution is 14.1. The minimum atomic E-state index is -4.05. The number of rotatable bonds is 13. The van der Waals surface area contributed by atoms with Crippen LogP contribution in [0, 0.1) is 9.49 Å². The fourth-order valence-corrected chi connectivity index (χ4v) is 5.97. The molecule has 0 aromatic heterocycles. The summed E-state index contributed by atoms with van der Waals surface area (Å²) in [6, 6.07) is 24.1. The van der Waals surface area contributed by atoms with Crippen molar-refractivity contribution in [1.29, 1.82) is 0 Å². The second-order valence-electron chi connectivity index (χ2n) is 9.69. The summed E-state index contributed by atoms with van der Waals surface area (Å²) in [5, 5.41) is 2.95. The van der Waals surface area contributed by atoms with Gasteiger partial charge in [0.15, 0.2) is 0 Å². The van der Waals surface area contributed by atoms with E-state index >= 15 is 0 Å². The molecule has 1 unspecified atom stereocenters. The lowest BCUT2D eigenvalue weighted by Gasteiger charge is -2.33. The molecule has 7 nitrogen and oxygen atoms in total. The van der Waals surface area contributed by atoms with Crippen molar-refractivity contribution in [3.63, 3.8) is 0 Å². The lowest BCUT2D eigenvalue weighted by atomic mass is 10.1. The fraction of sp³-hybridized carbons (Fsp3) is 0.333. The predicted molar refractivity (Wildman–Crippen MR) is 164 cm³/mol. The van der Waals surface area contributed by atoms with Crippen molar-refractivity contribution < 1.29 is 18.0 Å². The van der Waals surface area contributed by atoms with Gasteiger partial charge in [-0.3, -0.25) is 13.9 Å². The van der Waals surface area contributed by atoms with Crippen molar-refractivity contribution in [3.8, 4) is 0 Å². The second kappa shape index (κ2) is 14.5. The van der Waals surface area contributed by atoms with E-state index in [2.05, 4.69) is 27.9 Å². The first kappa shape index (κ1) is 30.6. The predicted octanol–water partition coefficient (Wildman–Crippen LogP) is 5.11. The van der Waals surface area contributed by atoms with Crippen LogP contribution in [0.15, 0.2) is 89.8 Å². The Kier molecular flexibility index (Phi) is 11.4. The van der Waals surface area contributed by atoms with Crippen LogP contribution in [0.2, 0.25) is 0 Å². The quantitative estimate of drug-likeness (QED) is 0.258. The summed E-state index contributed by atoms with van der Waals surface area (Å²) >= 11 is 2.15. The van der Waals surface area contributed by atoms with Gasteiger partial charge >= 0.3 is 0 Å². The van der Waals surface area contributed by atoms with Crippen LogP contribution in [0.25, 0.3) is 0 Å². The molecule has 2 amide bonds. The van der Waals surface area contributed by atoms with Crippen LogP contribution in [0.1, 0.15) is 32.8 Å². The number of nitrogens with zero attached hydrogens (tertiary/aromatic N) is 2. The number of anilines is 1. The minimum Gasteiger partial charge on any atom is -0.354 e. The number of hydrogen-bond donors (Lipinski definition) is 1. The van der Waals surface area contributed by atoms with E-state index in [1.54, 1.807) is 42.5 Å². The van der Waals surface area contributed by atoms with Gasteiger partial charge in [-0.05, 0) is 83.3 Å². The van der Waals surface area contributed by atoms with Gasteiger partial charge in [0.1, 0.15) is 12.6 Å². The average Bonchev–Trinajstić information content (AvgIpc) is 2.94. The zero-order chi connectivity index (χ0) is 28.4. The molecule has 0 fully saturated rings. The van der Waals surface area contributed by atoms with Crippen molar-refractivity contribution in [1.82, 2.24) is 10.2 Å². The van der Waals surface area contributed by atoms with E-state index in [4.69, 9.17) is 0 Å². The summed E-state index contributed by atoms with van der Waals surface area (Å²) in [7, 11) is -4.05. The first-order valence-electron chi connectivity index (χ1n) is 13.1. The number of carbonyl (C=O) groups excluding carboxylic acids is 2. The molecule has 0 aliphatic rings. The topological polar surface area (TPSA) is 86.8 Å². The number of hydrogen-bond acceptors (Lipinski definition) is 4. The molecule has 9 heteroatoms. The Labute approximate surface area is 245 Å². The normalized spacial score (nSPS) is 12.1. The van der Waals surface area contributed by atoms with E-state index < -0.39 is 28.5 Å². The third-order valence-electron chi connectivity index (χ3n) is 6.28. The molecule has 208 valence electrons. The molecule has 0 saturated heterocycles.